The molecule has 1 aliphatic carbocycles. The van der Waals surface area contributed by atoms with Gasteiger partial charge in [0.05, 0.1) is 12.2 Å². The van der Waals surface area contributed by atoms with Gasteiger partial charge in [0.2, 0.25) is 15.9 Å². The van der Waals surface area contributed by atoms with Crippen LogP contribution in [-0.2, 0) is 14.8 Å². The largest absolute Gasteiger partial charge is 0.351 e. The van der Waals surface area contributed by atoms with Crippen molar-refractivity contribution in [1.82, 2.24) is 9.62 Å². The fourth-order valence-corrected chi connectivity index (χ4v) is 4.23. The molecule has 0 aromatic rings. The summed E-state index contributed by atoms with van der Waals surface area (Å²) in [6, 6.07) is 0. The van der Waals surface area contributed by atoms with Crippen molar-refractivity contribution >= 4 is 15.9 Å². The van der Waals surface area contributed by atoms with Crippen molar-refractivity contribution in [1.29, 1.82) is 0 Å². The highest BCUT2D eigenvalue weighted by Crippen LogP contribution is 2.28. The van der Waals surface area contributed by atoms with Gasteiger partial charge in [-0.05, 0) is 32.6 Å². The number of piperidine rings is 1. The molecule has 6 heteroatoms. The lowest BCUT2D eigenvalue weighted by atomic mass is 9.82. The van der Waals surface area contributed by atoms with E-state index in [0.29, 0.717) is 13.1 Å². The van der Waals surface area contributed by atoms with Gasteiger partial charge in [-0.2, -0.15) is 0 Å². The van der Waals surface area contributed by atoms with Crippen LogP contribution in [-0.4, -0.2) is 43.5 Å². The summed E-state index contributed by atoms with van der Waals surface area (Å²) >= 11 is 0. The van der Waals surface area contributed by atoms with Crippen LogP contribution < -0.4 is 5.32 Å². The Morgan fingerprint density at radius 1 is 1.20 bits per heavy atom. The minimum absolute atomic E-state index is 0.0303. The molecule has 20 heavy (non-hydrogen) atoms. The van der Waals surface area contributed by atoms with Crippen molar-refractivity contribution in [2.24, 2.45) is 5.92 Å². The maximum atomic E-state index is 12.4. The van der Waals surface area contributed by atoms with E-state index in [-0.39, 0.29) is 17.4 Å². The highest BCUT2D eigenvalue weighted by molar-refractivity contribution is 7.88. The smallest absolute Gasteiger partial charge is 0.224 e. The molecule has 2 rings (SSSR count). The molecule has 116 valence electrons. The number of amides is 1. The number of nitrogens with one attached hydrogen (secondary N) is 1. The molecule has 1 N–H and O–H groups in total. The standard InChI is InChI=1S/C14H26N2O3S/c1-14(8-4-3-5-9-14)15-13(17)12-7-6-10-16(11-12)20(2,18)19/h12H,3-11H2,1-2H3,(H,15,17). The van der Waals surface area contributed by atoms with E-state index >= 15 is 0 Å². The Kier molecular flexibility index (Phi) is 4.74. The summed E-state index contributed by atoms with van der Waals surface area (Å²) < 4.78 is 24.6. The maximum absolute atomic E-state index is 12.4. The topological polar surface area (TPSA) is 66.5 Å². The van der Waals surface area contributed by atoms with Crippen molar-refractivity contribution < 1.29 is 13.2 Å². The average Bonchev–Trinajstić information content (AvgIpc) is 2.38. The molecule has 1 unspecified atom stereocenters. The molecule has 1 aliphatic heterocycles. The van der Waals surface area contributed by atoms with E-state index in [1.807, 2.05) is 0 Å². The fraction of sp³-hybridized carbons (Fsp3) is 0.929. The van der Waals surface area contributed by atoms with Crippen LogP contribution in [0.2, 0.25) is 0 Å². The molecular formula is C14H26N2O3S. The minimum Gasteiger partial charge on any atom is -0.351 e. The molecule has 5 nitrogen and oxygen atoms in total. The zero-order chi connectivity index (χ0) is 14.8. The number of nitrogens with zero attached hydrogens (tertiary/aromatic N) is 1. The monoisotopic (exact) mass is 302 g/mol. The molecule has 1 heterocycles. The van der Waals surface area contributed by atoms with E-state index in [1.165, 1.54) is 17.0 Å². The number of sulfonamides is 1. The molecule has 0 aromatic carbocycles. The van der Waals surface area contributed by atoms with E-state index in [9.17, 15) is 13.2 Å². The molecule has 2 fully saturated rings. The number of rotatable bonds is 3. The van der Waals surface area contributed by atoms with Crippen LogP contribution in [0.1, 0.15) is 51.9 Å². The number of carbonyl (C=O) groups excluding carboxylic acids is 1. The van der Waals surface area contributed by atoms with E-state index in [0.717, 1.165) is 38.5 Å². The number of hydrogen-bond donors (Lipinski definition) is 1. The number of hydrogen-bond acceptors (Lipinski definition) is 3. The highest BCUT2D eigenvalue weighted by atomic mass is 32.2. The van der Waals surface area contributed by atoms with Crippen LogP contribution in [0.5, 0.6) is 0 Å². The summed E-state index contributed by atoms with van der Waals surface area (Å²) in [5.41, 5.74) is -0.0945. The lowest BCUT2D eigenvalue weighted by Crippen LogP contribution is -2.52. The highest BCUT2D eigenvalue weighted by Gasteiger charge is 2.34. The lowest BCUT2D eigenvalue weighted by Gasteiger charge is -2.37. The molecule has 1 saturated heterocycles. The first-order valence-corrected chi connectivity index (χ1v) is 9.42. The van der Waals surface area contributed by atoms with E-state index < -0.39 is 10.0 Å². The summed E-state index contributed by atoms with van der Waals surface area (Å²) in [5, 5.41) is 3.18. The van der Waals surface area contributed by atoms with E-state index in [2.05, 4.69) is 12.2 Å². The van der Waals surface area contributed by atoms with Crippen LogP contribution in [0.25, 0.3) is 0 Å². The quantitative estimate of drug-likeness (QED) is 0.859. The molecule has 1 amide bonds. The number of carbonyl (C=O) groups is 1. The van der Waals surface area contributed by atoms with Crippen LogP contribution in [0, 0.1) is 5.92 Å². The van der Waals surface area contributed by atoms with Gasteiger partial charge < -0.3 is 5.32 Å². The Bertz CT molecular complexity index is 455. The SMILES string of the molecule is CC1(NC(=O)C2CCCN(S(C)(=O)=O)C2)CCCCC1. The van der Waals surface area contributed by atoms with Crippen molar-refractivity contribution in [2.45, 2.75) is 57.4 Å². The second-order valence-corrected chi connectivity index (χ2v) is 8.55. The summed E-state index contributed by atoms with van der Waals surface area (Å²) in [5.74, 6) is -0.167. The van der Waals surface area contributed by atoms with Crippen LogP contribution in [0.15, 0.2) is 0 Å². The molecular weight excluding hydrogens is 276 g/mol. The van der Waals surface area contributed by atoms with Crippen LogP contribution in [0.4, 0.5) is 0 Å². The fourth-order valence-electron chi connectivity index (χ4n) is 3.31. The summed E-state index contributed by atoms with van der Waals surface area (Å²) in [6.45, 7) is 2.99. The Labute approximate surface area is 122 Å². The third kappa shape index (κ3) is 3.95. The summed E-state index contributed by atoms with van der Waals surface area (Å²) in [7, 11) is -3.19. The second-order valence-electron chi connectivity index (χ2n) is 6.57. The lowest BCUT2D eigenvalue weighted by molar-refractivity contribution is -0.128. The molecule has 0 radical (unpaired) electrons. The van der Waals surface area contributed by atoms with Gasteiger partial charge >= 0.3 is 0 Å². The molecule has 0 aromatic heterocycles. The van der Waals surface area contributed by atoms with Crippen LogP contribution in [0.3, 0.4) is 0 Å². The van der Waals surface area contributed by atoms with Crippen LogP contribution >= 0.6 is 0 Å². The average molecular weight is 302 g/mol. The molecule has 1 atom stereocenters. The zero-order valence-electron chi connectivity index (χ0n) is 12.5. The predicted molar refractivity (Wildman–Crippen MR) is 78.8 cm³/mol. The third-order valence-corrected chi connectivity index (χ3v) is 5.88. The Morgan fingerprint density at radius 2 is 1.85 bits per heavy atom. The first-order chi connectivity index (χ1) is 9.30. The summed E-state index contributed by atoms with van der Waals surface area (Å²) in [4.78, 5) is 12.4. The predicted octanol–water partition coefficient (Wildman–Crippen LogP) is 1.50. The first kappa shape index (κ1) is 15.8. The summed E-state index contributed by atoms with van der Waals surface area (Å²) in [6.07, 6.45) is 8.40. The van der Waals surface area contributed by atoms with Gasteiger partial charge in [0, 0.05) is 18.6 Å². The van der Waals surface area contributed by atoms with Gasteiger partial charge in [0.1, 0.15) is 0 Å². The van der Waals surface area contributed by atoms with E-state index in [1.54, 1.807) is 0 Å². The molecule has 0 bridgehead atoms. The van der Waals surface area contributed by atoms with Crippen molar-refractivity contribution in [3.8, 4) is 0 Å². The second kappa shape index (κ2) is 6.02. The van der Waals surface area contributed by atoms with Crippen molar-refractivity contribution in [2.75, 3.05) is 19.3 Å². The van der Waals surface area contributed by atoms with Gasteiger partial charge in [0.25, 0.3) is 0 Å². The van der Waals surface area contributed by atoms with E-state index in [4.69, 9.17) is 0 Å². The minimum atomic E-state index is -3.19. The van der Waals surface area contributed by atoms with Gasteiger partial charge in [-0.3, -0.25) is 4.79 Å². The zero-order valence-corrected chi connectivity index (χ0v) is 13.3. The van der Waals surface area contributed by atoms with Gasteiger partial charge in [0.15, 0.2) is 0 Å². The van der Waals surface area contributed by atoms with Crippen molar-refractivity contribution in [3.63, 3.8) is 0 Å². The Morgan fingerprint density at radius 3 is 2.45 bits per heavy atom. The molecule has 0 spiro atoms. The molecule has 2 aliphatic rings. The normalized spacial score (nSPS) is 28.0. The van der Waals surface area contributed by atoms with Gasteiger partial charge in [-0.15, -0.1) is 0 Å². The van der Waals surface area contributed by atoms with Gasteiger partial charge in [-0.25, -0.2) is 12.7 Å². The first-order valence-electron chi connectivity index (χ1n) is 7.57. The van der Waals surface area contributed by atoms with Gasteiger partial charge in [-0.1, -0.05) is 19.3 Å². The Balaban J connectivity index is 1.95. The molecule has 1 saturated carbocycles. The Hall–Kier alpha value is -0.620. The maximum Gasteiger partial charge on any atom is 0.224 e. The third-order valence-electron chi connectivity index (χ3n) is 4.61. The van der Waals surface area contributed by atoms with Crippen molar-refractivity contribution in [3.05, 3.63) is 0 Å².